The zero-order chi connectivity index (χ0) is 19.4. The fourth-order valence-corrected chi connectivity index (χ4v) is 3.65. The number of amides is 3. The molecule has 5 nitrogen and oxygen atoms in total. The average molecular weight is 365 g/mol. The van der Waals surface area contributed by atoms with Crippen molar-refractivity contribution in [3.63, 3.8) is 0 Å². The van der Waals surface area contributed by atoms with E-state index in [4.69, 9.17) is 0 Å². The van der Waals surface area contributed by atoms with Crippen LogP contribution in [0.15, 0.2) is 42.5 Å². The first-order valence-corrected chi connectivity index (χ1v) is 9.49. The van der Waals surface area contributed by atoms with Crippen LogP contribution in [0, 0.1) is 13.8 Å². The van der Waals surface area contributed by atoms with Crippen molar-refractivity contribution >= 4 is 17.6 Å². The van der Waals surface area contributed by atoms with Crippen molar-refractivity contribution in [3.05, 3.63) is 64.7 Å². The predicted molar refractivity (Wildman–Crippen MR) is 108 cm³/mol. The van der Waals surface area contributed by atoms with Crippen LogP contribution in [0.2, 0.25) is 0 Å². The van der Waals surface area contributed by atoms with Crippen LogP contribution in [-0.4, -0.2) is 36.5 Å². The number of benzene rings is 2. The van der Waals surface area contributed by atoms with Crippen LogP contribution in [0.1, 0.15) is 46.3 Å². The van der Waals surface area contributed by atoms with E-state index in [0.717, 1.165) is 19.5 Å². The topological polar surface area (TPSA) is 61.4 Å². The zero-order valence-corrected chi connectivity index (χ0v) is 16.2. The molecule has 2 N–H and O–H groups in total. The van der Waals surface area contributed by atoms with Gasteiger partial charge in [0.1, 0.15) is 0 Å². The summed E-state index contributed by atoms with van der Waals surface area (Å²) in [6.07, 6.45) is 0.980. The summed E-state index contributed by atoms with van der Waals surface area (Å²) < 4.78 is 0. The van der Waals surface area contributed by atoms with Crippen molar-refractivity contribution in [2.45, 2.75) is 33.1 Å². The first-order valence-electron chi connectivity index (χ1n) is 9.49. The number of carbonyl (C=O) groups is 2. The Morgan fingerprint density at radius 1 is 1.11 bits per heavy atom. The summed E-state index contributed by atoms with van der Waals surface area (Å²) in [5, 5.41) is 5.69. The van der Waals surface area contributed by atoms with Crippen LogP contribution in [-0.2, 0) is 0 Å². The van der Waals surface area contributed by atoms with Crippen LogP contribution < -0.4 is 10.6 Å². The van der Waals surface area contributed by atoms with Crippen LogP contribution in [0.3, 0.4) is 0 Å². The molecule has 0 spiro atoms. The number of anilines is 1. The van der Waals surface area contributed by atoms with Gasteiger partial charge in [-0.1, -0.05) is 23.8 Å². The number of nitrogens with one attached hydrogen (secondary N) is 2. The summed E-state index contributed by atoms with van der Waals surface area (Å²) in [5.74, 6) is 0.280. The van der Waals surface area contributed by atoms with Crippen LogP contribution >= 0.6 is 0 Å². The van der Waals surface area contributed by atoms with Gasteiger partial charge >= 0.3 is 6.03 Å². The number of hydrogen-bond acceptors (Lipinski definition) is 2. The summed E-state index contributed by atoms with van der Waals surface area (Å²) in [4.78, 5) is 26.3. The fraction of sp³-hybridized carbons (Fsp3) is 0.364. The predicted octanol–water partition coefficient (Wildman–Crippen LogP) is 4.07. The highest BCUT2D eigenvalue weighted by molar-refractivity contribution is 5.95. The Kier molecular flexibility index (Phi) is 5.79. The van der Waals surface area contributed by atoms with E-state index in [1.54, 1.807) is 24.3 Å². The highest BCUT2D eigenvalue weighted by Gasteiger charge is 2.28. The molecule has 5 heteroatoms. The molecule has 0 bridgehead atoms. The van der Waals surface area contributed by atoms with E-state index in [2.05, 4.69) is 42.7 Å². The minimum absolute atomic E-state index is 0.0898. The van der Waals surface area contributed by atoms with E-state index >= 15 is 0 Å². The van der Waals surface area contributed by atoms with E-state index in [1.165, 1.54) is 16.7 Å². The van der Waals surface area contributed by atoms with Gasteiger partial charge in [-0.25, -0.2) is 4.79 Å². The number of nitrogens with zero attached hydrogens (tertiary/aromatic N) is 1. The SMILES string of the molecule is CCNC(=O)c1ccc(NC(=O)N2CCC(c3ccc(C)cc3C)C2)cc1. The van der Waals surface area contributed by atoms with E-state index in [1.807, 2.05) is 11.8 Å². The molecule has 0 aliphatic carbocycles. The van der Waals surface area contributed by atoms with Crippen LogP contribution in [0.4, 0.5) is 10.5 Å². The Labute approximate surface area is 160 Å². The van der Waals surface area contributed by atoms with Gasteiger partial charge in [0.2, 0.25) is 0 Å². The average Bonchev–Trinajstić information content (AvgIpc) is 3.12. The van der Waals surface area contributed by atoms with E-state index in [-0.39, 0.29) is 11.9 Å². The van der Waals surface area contributed by atoms with Crippen molar-refractivity contribution in [2.75, 3.05) is 25.0 Å². The number of carbonyl (C=O) groups excluding carboxylic acids is 2. The maximum absolute atomic E-state index is 12.6. The lowest BCUT2D eigenvalue weighted by atomic mass is 9.93. The third kappa shape index (κ3) is 4.48. The van der Waals surface area contributed by atoms with Crippen molar-refractivity contribution in [1.29, 1.82) is 0 Å². The minimum atomic E-state index is -0.105. The maximum Gasteiger partial charge on any atom is 0.321 e. The van der Waals surface area contributed by atoms with Crippen LogP contribution in [0.25, 0.3) is 0 Å². The highest BCUT2D eigenvalue weighted by Crippen LogP contribution is 2.30. The lowest BCUT2D eigenvalue weighted by molar-refractivity contribution is 0.0956. The molecular weight excluding hydrogens is 338 g/mol. The van der Waals surface area contributed by atoms with Crippen LogP contribution in [0.5, 0.6) is 0 Å². The van der Waals surface area contributed by atoms with Gasteiger partial charge in [0.05, 0.1) is 0 Å². The molecule has 3 rings (SSSR count). The fourth-order valence-electron chi connectivity index (χ4n) is 3.65. The maximum atomic E-state index is 12.6. The molecule has 1 aliphatic heterocycles. The second-order valence-electron chi connectivity index (χ2n) is 7.16. The molecule has 1 aliphatic rings. The number of likely N-dealkylation sites (tertiary alicyclic amines) is 1. The Morgan fingerprint density at radius 2 is 1.85 bits per heavy atom. The van der Waals surface area contributed by atoms with E-state index in [0.29, 0.717) is 23.7 Å². The summed E-state index contributed by atoms with van der Waals surface area (Å²) in [6.45, 7) is 8.19. The Balaban J connectivity index is 1.60. The third-order valence-electron chi connectivity index (χ3n) is 5.08. The molecule has 0 saturated carbocycles. The lowest BCUT2D eigenvalue weighted by Crippen LogP contribution is -2.32. The minimum Gasteiger partial charge on any atom is -0.352 e. The highest BCUT2D eigenvalue weighted by atomic mass is 16.2. The molecular formula is C22H27N3O2. The first-order chi connectivity index (χ1) is 13.0. The Bertz CT molecular complexity index is 830. The quantitative estimate of drug-likeness (QED) is 0.858. The van der Waals surface area contributed by atoms with Crippen molar-refractivity contribution in [3.8, 4) is 0 Å². The number of hydrogen-bond donors (Lipinski definition) is 2. The van der Waals surface area contributed by atoms with Gasteiger partial charge in [-0.05, 0) is 62.6 Å². The molecule has 0 aromatic heterocycles. The second-order valence-corrected chi connectivity index (χ2v) is 7.16. The van der Waals surface area contributed by atoms with Gasteiger partial charge < -0.3 is 15.5 Å². The molecule has 142 valence electrons. The molecule has 27 heavy (non-hydrogen) atoms. The molecule has 1 atom stereocenters. The lowest BCUT2D eigenvalue weighted by Gasteiger charge is -2.18. The van der Waals surface area contributed by atoms with Crippen molar-refractivity contribution in [2.24, 2.45) is 0 Å². The zero-order valence-electron chi connectivity index (χ0n) is 16.2. The largest absolute Gasteiger partial charge is 0.352 e. The molecule has 1 unspecified atom stereocenters. The monoisotopic (exact) mass is 365 g/mol. The molecule has 1 heterocycles. The van der Waals surface area contributed by atoms with E-state index < -0.39 is 0 Å². The molecule has 2 aromatic carbocycles. The molecule has 1 saturated heterocycles. The van der Waals surface area contributed by atoms with Gasteiger partial charge in [-0.15, -0.1) is 0 Å². The van der Waals surface area contributed by atoms with Crippen molar-refractivity contribution < 1.29 is 9.59 Å². The first kappa shape index (κ1) is 19.0. The summed E-state index contributed by atoms with van der Waals surface area (Å²) >= 11 is 0. The number of rotatable bonds is 4. The third-order valence-corrected chi connectivity index (χ3v) is 5.08. The van der Waals surface area contributed by atoms with Gasteiger partial charge in [0.25, 0.3) is 5.91 Å². The summed E-state index contributed by atoms with van der Waals surface area (Å²) in [6, 6.07) is 13.4. The Hall–Kier alpha value is -2.82. The van der Waals surface area contributed by atoms with Crippen molar-refractivity contribution in [1.82, 2.24) is 10.2 Å². The molecule has 1 fully saturated rings. The number of aryl methyl sites for hydroxylation is 2. The van der Waals surface area contributed by atoms with Gasteiger partial charge in [-0.2, -0.15) is 0 Å². The number of urea groups is 1. The van der Waals surface area contributed by atoms with Gasteiger partial charge in [0.15, 0.2) is 0 Å². The summed E-state index contributed by atoms with van der Waals surface area (Å²) in [5.41, 5.74) is 5.18. The molecule has 2 aromatic rings. The Morgan fingerprint density at radius 3 is 2.52 bits per heavy atom. The summed E-state index contributed by atoms with van der Waals surface area (Å²) in [7, 11) is 0. The standard InChI is InChI=1S/C22H27N3O2/c1-4-23-21(26)17-6-8-19(9-7-17)24-22(27)25-12-11-18(14-25)20-10-5-15(2)13-16(20)3/h5-10,13,18H,4,11-12,14H2,1-3H3,(H,23,26)(H,24,27). The van der Waals surface area contributed by atoms with Gasteiger partial charge in [-0.3, -0.25) is 4.79 Å². The smallest absolute Gasteiger partial charge is 0.321 e. The van der Waals surface area contributed by atoms with E-state index in [9.17, 15) is 9.59 Å². The molecule has 3 amide bonds. The normalized spacial score (nSPS) is 16.3. The van der Waals surface area contributed by atoms with Gasteiger partial charge in [0, 0.05) is 36.8 Å². The molecule has 0 radical (unpaired) electrons. The second kappa shape index (κ2) is 8.25.